The van der Waals surface area contributed by atoms with Crippen molar-refractivity contribution >= 4 is 23.3 Å². The molecule has 0 aliphatic rings. The molecule has 0 saturated heterocycles. The number of amides is 3. The highest BCUT2D eigenvalue weighted by Crippen LogP contribution is 2.16. The van der Waals surface area contributed by atoms with Gasteiger partial charge in [-0.05, 0) is 43.2 Å². The number of nitrogens with one attached hydrogen (secondary N) is 2. The maximum Gasteiger partial charge on any atom is 0.326 e. The number of rotatable bonds is 9. The van der Waals surface area contributed by atoms with E-state index in [-0.39, 0.29) is 11.9 Å². The number of hydrogen-bond donors (Lipinski definition) is 2. The molecule has 2 rings (SSSR count). The van der Waals surface area contributed by atoms with E-state index in [4.69, 9.17) is 0 Å². The minimum atomic E-state index is -0.216. The lowest BCUT2D eigenvalue weighted by molar-refractivity contribution is -0.121. The first-order chi connectivity index (χ1) is 13.1. The van der Waals surface area contributed by atoms with Crippen molar-refractivity contribution in [3.05, 3.63) is 60.2 Å². The number of unbranched alkanes of at least 4 members (excludes halogenated alkanes) is 2. The summed E-state index contributed by atoms with van der Waals surface area (Å²) in [4.78, 5) is 26.4. The molecule has 0 heterocycles. The quantitative estimate of drug-likeness (QED) is 0.629. The fourth-order valence-electron chi connectivity index (χ4n) is 2.80. The van der Waals surface area contributed by atoms with E-state index in [1.165, 1.54) is 0 Å². The maximum atomic E-state index is 12.8. The molecule has 27 heavy (non-hydrogen) atoms. The second-order valence-electron chi connectivity index (χ2n) is 6.59. The zero-order valence-electron chi connectivity index (χ0n) is 16.2. The molecule has 0 bridgehead atoms. The van der Waals surface area contributed by atoms with Gasteiger partial charge in [0, 0.05) is 30.9 Å². The molecule has 5 nitrogen and oxygen atoms in total. The van der Waals surface area contributed by atoms with Crippen LogP contribution in [0.5, 0.6) is 0 Å². The van der Waals surface area contributed by atoms with Gasteiger partial charge in [0.2, 0.25) is 5.91 Å². The van der Waals surface area contributed by atoms with Crippen molar-refractivity contribution in [1.29, 1.82) is 0 Å². The van der Waals surface area contributed by atoms with Crippen molar-refractivity contribution in [3.8, 4) is 0 Å². The van der Waals surface area contributed by atoms with Crippen LogP contribution in [0.4, 0.5) is 16.2 Å². The summed E-state index contributed by atoms with van der Waals surface area (Å²) in [6, 6.07) is 16.9. The van der Waals surface area contributed by atoms with Gasteiger partial charge in [-0.2, -0.15) is 0 Å². The first-order valence-electron chi connectivity index (χ1n) is 9.57. The number of anilines is 2. The molecule has 0 unspecified atom stereocenters. The van der Waals surface area contributed by atoms with E-state index in [0.717, 1.165) is 36.2 Å². The van der Waals surface area contributed by atoms with Crippen molar-refractivity contribution < 1.29 is 9.59 Å². The lowest BCUT2D eigenvalue weighted by Crippen LogP contribution is -2.41. The average Bonchev–Trinajstić information content (AvgIpc) is 2.66. The van der Waals surface area contributed by atoms with Crippen molar-refractivity contribution in [2.45, 2.75) is 39.5 Å². The first kappa shape index (κ1) is 20.5. The molecule has 0 aliphatic heterocycles. The molecule has 0 aliphatic carbocycles. The molecule has 2 aromatic rings. The van der Waals surface area contributed by atoms with Gasteiger partial charge in [-0.3, -0.25) is 9.69 Å². The van der Waals surface area contributed by atoms with Gasteiger partial charge < -0.3 is 10.6 Å². The molecule has 0 saturated carbocycles. The monoisotopic (exact) mass is 367 g/mol. The zero-order valence-corrected chi connectivity index (χ0v) is 16.2. The van der Waals surface area contributed by atoms with E-state index in [2.05, 4.69) is 17.6 Å². The van der Waals surface area contributed by atoms with E-state index in [1.54, 1.807) is 4.90 Å². The predicted molar refractivity (Wildman–Crippen MR) is 111 cm³/mol. The topological polar surface area (TPSA) is 61.4 Å². The molecule has 2 aromatic carbocycles. The maximum absolute atomic E-state index is 12.8. The van der Waals surface area contributed by atoms with Crippen molar-refractivity contribution in [2.24, 2.45) is 0 Å². The third-order valence-corrected chi connectivity index (χ3v) is 4.25. The smallest absolute Gasteiger partial charge is 0.326 e. The van der Waals surface area contributed by atoms with Gasteiger partial charge in [0.15, 0.2) is 0 Å². The lowest BCUT2D eigenvalue weighted by atomic mass is 10.2. The Bertz CT molecular complexity index is 731. The highest BCUT2D eigenvalue weighted by Gasteiger charge is 2.16. The Balaban J connectivity index is 1.97. The molecule has 0 atom stereocenters. The largest absolute Gasteiger partial charge is 0.354 e. The Morgan fingerprint density at radius 3 is 2.48 bits per heavy atom. The van der Waals surface area contributed by atoms with Crippen LogP contribution in [0, 0.1) is 6.92 Å². The fraction of sp³-hybridized carbons (Fsp3) is 0.364. The third-order valence-electron chi connectivity index (χ3n) is 4.25. The Morgan fingerprint density at radius 1 is 1.00 bits per heavy atom. The van der Waals surface area contributed by atoms with Crippen LogP contribution in [0.15, 0.2) is 54.6 Å². The lowest BCUT2D eigenvalue weighted by Gasteiger charge is -2.23. The van der Waals surface area contributed by atoms with Gasteiger partial charge >= 0.3 is 6.03 Å². The van der Waals surface area contributed by atoms with Gasteiger partial charge in [0.1, 0.15) is 0 Å². The summed E-state index contributed by atoms with van der Waals surface area (Å²) in [5.74, 6) is 0.0376. The van der Waals surface area contributed by atoms with E-state index < -0.39 is 0 Å². The van der Waals surface area contributed by atoms with Crippen molar-refractivity contribution in [1.82, 2.24) is 5.32 Å². The number of benzene rings is 2. The average molecular weight is 367 g/mol. The van der Waals surface area contributed by atoms with Crippen LogP contribution >= 0.6 is 0 Å². The summed E-state index contributed by atoms with van der Waals surface area (Å²) >= 11 is 0. The Kier molecular flexibility index (Phi) is 8.36. The number of hydrogen-bond acceptors (Lipinski definition) is 2. The van der Waals surface area contributed by atoms with Crippen LogP contribution in [-0.4, -0.2) is 25.0 Å². The molecule has 144 valence electrons. The summed E-state index contributed by atoms with van der Waals surface area (Å²) in [5.41, 5.74) is 2.63. The fourth-order valence-corrected chi connectivity index (χ4v) is 2.80. The number of carbonyl (C=O) groups is 2. The number of aryl methyl sites for hydroxylation is 1. The van der Waals surface area contributed by atoms with Crippen molar-refractivity contribution in [2.75, 3.05) is 23.3 Å². The van der Waals surface area contributed by atoms with Crippen LogP contribution < -0.4 is 15.5 Å². The molecule has 0 aromatic heterocycles. The van der Waals surface area contributed by atoms with Gasteiger partial charge in [0.25, 0.3) is 0 Å². The molecule has 5 heteroatoms. The first-order valence-corrected chi connectivity index (χ1v) is 9.57. The van der Waals surface area contributed by atoms with Crippen molar-refractivity contribution in [3.63, 3.8) is 0 Å². The molecular formula is C22H29N3O2. The Labute approximate surface area is 161 Å². The molecule has 0 radical (unpaired) electrons. The normalized spacial score (nSPS) is 10.3. The molecule has 0 fully saturated rings. The summed E-state index contributed by atoms with van der Waals surface area (Å²) < 4.78 is 0. The van der Waals surface area contributed by atoms with Crippen LogP contribution in [0.3, 0.4) is 0 Å². The minimum absolute atomic E-state index is 0.0376. The Morgan fingerprint density at radius 2 is 1.78 bits per heavy atom. The van der Waals surface area contributed by atoms with Gasteiger partial charge in [-0.25, -0.2) is 4.79 Å². The molecule has 3 amide bonds. The summed E-state index contributed by atoms with van der Waals surface area (Å²) in [6.07, 6.45) is 3.59. The zero-order chi connectivity index (χ0) is 19.5. The Hall–Kier alpha value is -2.82. The van der Waals surface area contributed by atoms with Crippen LogP contribution in [0.2, 0.25) is 0 Å². The van der Waals surface area contributed by atoms with Gasteiger partial charge in [0.05, 0.1) is 0 Å². The van der Waals surface area contributed by atoms with E-state index in [1.807, 2.05) is 61.5 Å². The second kappa shape index (κ2) is 11.0. The second-order valence-corrected chi connectivity index (χ2v) is 6.59. The number of carbonyl (C=O) groups excluding carboxylic acids is 2. The predicted octanol–water partition coefficient (Wildman–Crippen LogP) is 4.73. The summed E-state index contributed by atoms with van der Waals surface area (Å²) in [5, 5.41) is 5.84. The number of para-hydroxylation sites is 1. The van der Waals surface area contributed by atoms with Gasteiger partial charge in [-0.1, -0.05) is 50.1 Å². The van der Waals surface area contributed by atoms with Gasteiger partial charge in [-0.15, -0.1) is 0 Å². The molecule has 2 N–H and O–H groups in total. The van der Waals surface area contributed by atoms with E-state index in [9.17, 15) is 9.59 Å². The standard InChI is InChI=1S/C22H29N3O2/c1-3-4-6-14-21(26)23-15-16-25(20-12-7-5-8-13-20)22(27)24-19-11-9-10-18(2)17-19/h5,7-13,17H,3-4,6,14-16H2,1-2H3,(H,23,26)(H,24,27). The third kappa shape index (κ3) is 7.13. The summed E-state index contributed by atoms with van der Waals surface area (Å²) in [7, 11) is 0. The highest BCUT2D eigenvalue weighted by molar-refractivity contribution is 6.01. The van der Waals surface area contributed by atoms with E-state index >= 15 is 0 Å². The SMILES string of the molecule is CCCCCC(=O)NCCN(C(=O)Nc1cccc(C)c1)c1ccccc1. The number of nitrogens with zero attached hydrogens (tertiary/aromatic N) is 1. The number of urea groups is 1. The highest BCUT2D eigenvalue weighted by atomic mass is 16.2. The van der Waals surface area contributed by atoms with Crippen LogP contribution in [-0.2, 0) is 4.79 Å². The van der Waals surface area contributed by atoms with Crippen LogP contribution in [0.25, 0.3) is 0 Å². The summed E-state index contributed by atoms with van der Waals surface area (Å²) in [6.45, 7) is 4.92. The minimum Gasteiger partial charge on any atom is -0.354 e. The molecular weight excluding hydrogens is 338 g/mol. The van der Waals surface area contributed by atoms with Crippen LogP contribution in [0.1, 0.15) is 38.2 Å². The molecule has 0 spiro atoms. The van der Waals surface area contributed by atoms with E-state index in [0.29, 0.717) is 19.5 Å².